The number of rotatable bonds is 7. The average molecular weight is 416 g/mol. The fourth-order valence-corrected chi connectivity index (χ4v) is 3.28. The summed E-state index contributed by atoms with van der Waals surface area (Å²) in [4.78, 5) is 28.2. The molecular weight excluding hydrogens is 391 g/mol. The number of nitrogens with zero attached hydrogens (tertiary/aromatic N) is 2. The standard InChI is InChI=1S/C22H25FN2O5/c1-28-18-6-4-17(5-7-18)24-9-11-25(12-10-24)21(26)15-30-22(27)14-16-3-8-20(29-2)19(23)13-16/h3-8,13H,9-12,14-15H2,1-2H3. The maximum atomic E-state index is 13.7. The molecule has 0 saturated carbocycles. The number of amides is 1. The van der Waals surface area contributed by atoms with Gasteiger partial charge < -0.3 is 24.0 Å². The van der Waals surface area contributed by atoms with Gasteiger partial charge in [0.25, 0.3) is 5.91 Å². The summed E-state index contributed by atoms with van der Waals surface area (Å²) in [6.45, 7) is 2.16. The Morgan fingerprint density at radius 1 is 0.967 bits per heavy atom. The Hall–Kier alpha value is -3.29. The molecule has 2 aromatic rings. The molecule has 0 aliphatic carbocycles. The minimum absolute atomic E-state index is 0.107. The van der Waals surface area contributed by atoms with Crippen LogP contribution < -0.4 is 14.4 Å². The molecule has 0 unspecified atom stereocenters. The first-order valence-electron chi connectivity index (χ1n) is 9.65. The Morgan fingerprint density at radius 2 is 1.67 bits per heavy atom. The quantitative estimate of drug-likeness (QED) is 0.645. The summed E-state index contributed by atoms with van der Waals surface area (Å²) >= 11 is 0. The van der Waals surface area contributed by atoms with Crippen LogP contribution in [0.15, 0.2) is 42.5 Å². The van der Waals surface area contributed by atoms with Crippen molar-refractivity contribution in [1.82, 2.24) is 4.90 Å². The highest BCUT2D eigenvalue weighted by Crippen LogP contribution is 2.21. The fraction of sp³-hybridized carbons (Fsp3) is 0.364. The van der Waals surface area contributed by atoms with Crippen molar-refractivity contribution in [1.29, 1.82) is 0 Å². The lowest BCUT2D eigenvalue weighted by Gasteiger charge is -2.36. The van der Waals surface area contributed by atoms with E-state index in [1.54, 1.807) is 18.1 Å². The molecular formula is C22H25FN2O5. The lowest BCUT2D eigenvalue weighted by molar-refractivity contribution is -0.151. The molecule has 0 spiro atoms. The van der Waals surface area contributed by atoms with E-state index in [9.17, 15) is 14.0 Å². The zero-order chi connectivity index (χ0) is 21.5. The number of piperazine rings is 1. The largest absolute Gasteiger partial charge is 0.497 e. The maximum absolute atomic E-state index is 13.7. The van der Waals surface area contributed by atoms with Crippen LogP contribution >= 0.6 is 0 Å². The van der Waals surface area contributed by atoms with Gasteiger partial charge in [0.05, 0.1) is 20.6 Å². The minimum atomic E-state index is -0.579. The molecule has 8 heteroatoms. The number of halogens is 1. The highest BCUT2D eigenvalue weighted by atomic mass is 19.1. The van der Waals surface area contributed by atoms with Crippen molar-refractivity contribution in [3.63, 3.8) is 0 Å². The van der Waals surface area contributed by atoms with E-state index in [2.05, 4.69) is 4.90 Å². The van der Waals surface area contributed by atoms with Gasteiger partial charge in [-0.3, -0.25) is 9.59 Å². The molecule has 1 heterocycles. The monoisotopic (exact) mass is 416 g/mol. The van der Waals surface area contributed by atoms with Gasteiger partial charge in [-0.2, -0.15) is 0 Å². The van der Waals surface area contributed by atoms with Gasteiger partial charge in [0.2, 0.25) is 0 Å². The highest BCUT2D eigenvalue weighted by molar-refractivity contribution is 5.81. The SMILES string of the molecule is COc1ccc(N2CCN(C(=O)COC(=O)Cc3ccc(OC)c(F)c3)CC2)cc1. The molecule has 1 amide bonds. The molecule has 1 aliphatic rings. The molecule has 7 nitrogen and oxygen atoms in total. The fourth-order valence-electron chi connectivity index (χ4n) is 3.28. The number of benzene rings is 2. The van der Waals surface area contributed by atoms with Gasteiger partial charge in [0.15, 0.2) is 18.2 Å². The van der Waals surface area contributed by atoms with Crippen molar-refractivity contribution in [3.8, 4) is 11.5 Å². The first kappa shape index (κ1) is 21.4. The molecule has 30 heavy (non-hydrogen) atoms. The number of methoxy groups -OCH3 is 2. The smallest absolute Gasteiger partial charge is 0.310 e. The summed E-state index contributed by atoms with van der Waals surface area (Å²) in [6, 6.07) is 12.0. The van der Waals surface area contributed by atoms with Crippen LogP contribution in [0.2, 0.25) is 0 Å². The Balaban J connectivity index is 1.43. The predicted octanol–water partition coefficient (Wildman–Crippen LogP) is 2.28. The summed E-state index contributed by atoms with van der Waals surface area (Å²) in [5.74, 6) is -0.458. The zero-order valence-corrected chi connectivity index (χ0v) is 17.1. The van der Waals surface area contributed by atoms with Crippen LogP contribution in [-0.2, 0) is 20.7 Å². The molecule has 0 atom stereocenters. The van der Waals surface area contributed by atoms with E-state index in [4.69, 9.17) is 14.2 Å². The van der Waals surface area contributed by atoms with Gasteiger partial charge in [-0.25, -0.2) is 4.39 Å². The minimum Gasteiger partial charge on any atom is -0.497 e. The molecule has 2 aromatic carbocycles. The molecule has 1 aliphatic heterocycles. The number of hydrogen-bond donors (Lipinski definition) is 0. The summed E-state index contributed by atoms with van der Waals surface area (Å²) in [5, 5.41) is 0. The van der Waals surface area contributed by atoms with E-state index in [0.717, 1.165) is 11.4 Å². The van der Waals surface area contributed by atoms with Crippen molar-refractivity contribution in [2.75, 3.05) is 51.9 Å². The predicted molar refractivity (Wildman–Crippen MR) is 109 cm³/mol. The van der Waals surface area contributed by atoms with Gasteiger partial charge in [-0.05, 0) is 42.0 Å². The number of carbonyl (C=O) groups is 2. The van der Waals surface area contributed by atoms with Crippen molar-refractivity contribution >= 4 is 17.6 Å². The Morgan fingerprint density at radius 3 is 2.27 bits per heavy atom. The van der Waals surface area contributed by atoms with Crippen LogP contribution in [0.3, 0.4) is 0 Å². The molecule has 1 saturated heterocycles. The maximum Gasteiger partial charge on any atom is 0.310 e. The zero-order valence-electron chi connectivity index (χ0n) is 17.1. The molecule has 0 radical (unpaired) electrons. The van der Waals surface area contributed by atoms with Crippen LogP contribution in [0.4, 0.5) is 10.1 Å². The molecule has 0 N–H and O–H groups in total. The van der Waals surface area contributed by atoms with Crippen molar-refractivity contribution in [3.05, 3.63) is 53.8 Å². The second-order valence-electron chi connectivity index (χ2n) is 6.87. The van der Waals surface area contributed by atoms with Crippen LogP contribution in [0, 0.1) is 5.82 Å². The lowest BCUT2D eigenvalue weighted by Crippen LogP contribution is -2.49. The third-order valence-corrected chi connectivity index (χ3v) is 4.99. The number of ether oxygens (including phenoxy) is 3. The third-order valence-electron chi connectivity index (χ3n) is 4.99. The van der Waals surface area contributed by atoms with Gasteiger partial charge in [-0.15, -0.1) is 0 Å². The van der Waals surface area contributed by atoms with Crippen LogP contribution in [-0.4, -0.2) is 63.8 Å². The van der Waals surface area contributed by atoms with Gasteiger partial charge >= 0.3 is 5.97 Å². The Kier molecular flexibility index (Phi) is 7.11. The van der Waals surface area contributed by atoms with E-state index in [-0.39, 0.29) is 24.7 Å². The van der Waals surface area contributed by atoms with E-state index in [1.807, 2.05) is 24.3 Å². The average Bonchev–Trinajstić information content (AvgIpc) is 2.78. The first-order valence-corrected chi connectivity index (χ1v) is 9.65. The summed E-state index contributed by atoms with van der Waals surface area (Å²) < 4.78 is 28.8. The van der Waals surface area contributed by atoms with Crippen molar-refractivity contribution in [2.24, 2.45) is 0 Å². The van der Waals surface area contributed by atoms with Gasteiger partial charge in [-0.1, -0.05) is 6.07 Å². The molecule has 0 bridgehead atoms. The number of hydrogen-bond acceptors (Lipinski definition) is 6. The number of esters is 1. The lowest BCUT2D eigenvalue weighted by atomic mass is 10.1. The summed E-state index contributed by atoms with van der Waals surface area (Å²) in [6.07, 6.45) is -0.112. The van der Waals surface area contributed by atoms with E-state index >= 15 is 0 Å². The van der Waals surface area contributed by atoms with E-state index in [1.165, 1.54) is 19.2 Å². The first-order chi connectivity index (χ1) is 14.5. The number of carbonyl (C=O) groups excluding carboxylic acids is 2. The van der Waals surface area contributed by atoms with Gasteiger partial charge in [0.1, 0.15) is 5.75 Å². The molecule has 3 rings (SSSR count). The molecule has 1 fully saturated rings. The summed E-state index contributed by atoms with van der Waals surface area (Å²) in [5.41, 5.74) is 1.53. The van der Waals surface area contributed by atoms with Crippen molar-refractivity contribution in [2.45, 2.75) is 6.42 Å². The van der Waals surface area contributed by atoms with Gasteiger partial charge in [0, 0.05) is 31.9 Å². The third kappa shape index (κ3) is 5.40. The summed E-state index contributed by atoms with van der Waals surface area (Å²) in [7, 11) is 3.00. The Labute approximate surface area is 174 Å². The second kappa shape index (κ2) is 9.96. The highest BCUT2D eigenvalue weighted by Gasteiger charge is 2.22. The van der Waals surface area contributed by atoms with Crippen LogP contribution in [0.25, 0.3) is 0 Å². The second-order valence-corrected chi connectivity index (χ2v) is 6.87. The molecule has 160 valence electrons. The van der Waals surface area contributed by atoms with E-state index in [0.29, 0.717) is 31.7 Å². The number of anilines is 1. The van der Waals surface area contributed by atoms with Crippen LogP contribution in [0.5, 0.6) is 11.5 Å². The van der Waals surface area contributed by atoms with Crippen LogP contribution in [0.1, 0.15) is 5.56 Å². The van der Waals surface area contributed by atoms with E-state index < -0.39 is 11.8 Å². The topological polar surface area (TPSA) is 68.3 Å². The van der Waals surface area contributed by atoms with Crippen molar-refractivity contribution < 1.29 is 28.2 Å². The Bertz CT molecular complexity index is 880. The normalized spacial score (nSPS) is 13.7. The molecule has 0 aromatic heterocycles.